The molecule has 112 valence electrons. The molecule has 2 rings (SSSR count). The van der Waals surface area contributed by atoms with E-state index in [0.717, 1.165) is 23.2 Å². The molecular weight excluding hydrogens is 441 g/mol. The summed E-state index contributed by atoms with van der Waals surface area (Å²) >= 11 is 5.97. The highest BCUT2D eigenvalue weighted by molar-refractivity contribution is 14.1. The molecule has 21 heavy (non-hydrogen) atoms. The van der Waals surface area contributed by atoms with Gasteiger partial charge >= 0.3 is 0 Å². The Kier molecular flexibility index (Phi) is 6.51. The van der Waals surface area contributed by atoms with E-state index in [1.807, 2.05) is 12.1 Å². The molecular formula is C17H19BrINO. The molecule has 0 bridgehead atoms. The lowest BCUT2D eigenvalue weighted by molar-refractivity contribution is 0.405. The molecule has 0 amide bonds. The summed E-state index contributed by atoms with van der Waals surface area (Å²) in [4.78, 5) is 0. The molecule has 0 aliphatic heterocycles. The van der Waals surface area contributed by atoms with Crippen molar-refractivity contribution in [2.75, 3.05) is 13.7 Å². The van der Waals surface area contributed by atoms with Crippen molar-refractivity contribution >= 4 is 38.5 Å². The number of methoxy groups -OCH3 is 1. The number of ether oxygens (including phenoxy) is 1. The number of likely N-dealkylation sites (N-methyl/N-ethyl adjacent to an activating group) is 1. The Morgan fingerprint density at radius 1 is 1.24 bits per heavy atom. The molecule has 0 saturated carbocycles. The molecule has 0 spiro atoms. The largest absolute Gasteiger partial charge is 0.496 e. The summed E-state index contributed by atoms with van der Waals surface area (Å²) < 4.78 is 7.86. The number of rotatable bonds is 6. The van der Waals surface area contributed by atoms with Crippen LogP contribution in [-0.2, 0) is 6.42 Å². The van der Waals surface area contributed by atoms with Crippen LogP contribution >= 0.6 is 38.5 Å². The summed E-state index contributed by atoms with van der Waals surface area (Å²) in [7, 11) is 1.73. The van der Waals surface area contributed by atoms with Gasteiger partial charge in [0.05, 0.1) is 7.11 Å². The van der Waals surface area contributed by atoms with E-state index in [2.05, 4.69) is 81.1 Å². The number of halogens is 2. The van der Waals surface area contributed by atoms with Gasteiger partial charge in [-0.05, 0) is 70.9 Å². The Morgan fingerprint density at radius 2 is 2.00 bits per heavy atom. The third kappa shape index (κ3) is 4.44. The topological polar surface area (TPSA) is 21.3 Å². The lowest BCUT2D eigenvalue weighted by atomic mass is 9.98. The lowest BCUT2D eigenvalue weighted by Gasteiger charge is -2.21. The second-order valence-corrected chi connectivity index (χ2v) is 6.87. The monoisotopic (exact) mass is 459 g/mol. The van der Waals surface area contributed by atoms with Gasteiger partial charge in [0.2, 0.25) is 0 Å². The lowest BCUT2D eigenvalue weighted by Crippen LogP contribution is -2.24. The van der Waals surface area contributed by atoms with Gasteiger partial charge in [0.15, 0.2) is 0 Å². The van der Waals surface area contributed by atoms with Gasteiger partial charge in [-0.15, -0.1) is 0 Å². The fourth-order valence-corrected chi connectivity index (χ4v) is 3.50. The zero-order valence-corrected chi connectivity index (χ0v) is 15.9. The van der Waals surface area contributed by atoms with Crippen molar-refractivity contribution < 1.29 is 4.74 Å². The van der Waals surface area contributed by atoms with Crippen LogP contribution < -0.4 is 10.1 Å². The minimum absolute atomic E-state index is 0.274. The summed E-state index contributed by atoms with van der Waals surface area (Å²) in [6, 6.07) is 14.9. The number of hydrogen-bond donors (Lipinski definition) is 1. The SMILES string of the molecule is CCNC(Cc1ccccc1OC)c1cc(Br)ccc1I. The van der Waals surface area contributed by atoms with Crippen molar-refractivity contribution in [3.63, 3.8) is 0 Å². The van der Waals surface area contributed by atoms with Crippen molar-refractivity contribution in [1.29, 1.82) is 0 Å². The van der Waals surface area contributed by atoms with Gasteiger partial charge in [-0.1, -0.05) is 41.1 Å². The number of para-hydroxylation sites is 1. The Bertz CT molecular complexity index is 603. The van der Waals surface area contributed by atoms with Crippen molar-refractivity contribution in [2.45, 2.75) is 19.4 Å². The van der Waals surface area contributed by atoms with Crippen molar-refractivity contribution in [2.24, 2.45) is 0 Å². The smallest absolute Gasteiger partial charge is 0.122 e. The standard InChI is InChI=1S/C17H19BrINO/c1-3-20-16(14-11-13(18)8-9-15(14)19)10-12-6-4-5-7-17(12)21-2/h4-9,11,16,20H,3,10H2,1-2H3. The van der Waals surface area contributed by atoms with Gasteiger partial charge in [0, 0.05) is 14.1 Å². The number of benzene rings is 2. The van der Waals surface area contributed by atoms with E-state index in [0.29, 0.717) is 0 Å². The summed E-state index contributed by atoms with van der Waals surface area (Å²) in [6.45, 7) is 3.07. The third-order valence-electron chi connectivity index (χ3n) is 3.40. The fraction of sp³-hybridized carbons (Fsp3) is 0.294. The minimum atomic E-state index is 0.274. The normalized spacial score (nSPS) is 12.2. The van der Waals surface area contributed by atoms with Crippen LogP contribution in [0.2, 0.25) is 0 Å². The first kappa shape index (κ1) is 16.8. The highest BCUT2D eigenvalue weighted by Gasteiger charge is 2.16. The highest BCUT2D eigenvalue weighted by Crippen LogP contribution is 2.29. The summed E-state index contributed by atoms with van der Waals surface area (Å²) in [6.07, 6.45) is 0.907. The van der Waals surface area contributed by atoms with Crippen LogP contribution in [0, 0.1) is 3.57 Å². The maximum absolute atomic E-state index is 5.48. The molecule has 2 aromatic carbocycles. The minimum Gasteiger partial charge on any atom is -0.496 e. The van der Waals surface area contributed by atoms with Crippen LogP contribution in [0.25, 0.3) is 0 Å². The van der Waals surface area contributed by atoms with E-state index >= 15 is 0 Å². The number of nitrogens with one attached hydrogen (secondary N) is 1. The van der Waals surface area contributed by atoms with E-state index in [4.69, 9.17) is 4.74 Å². The van der Waals surface area contributed by atoms with Crippen LogP contribution in [0.15, 0.2) is 46.9 Å². The van der Waals surface area contributed by atoms with Crippen molar-refractivity contribution in [1.82, 2.24) is 5.32 Å². The Hall–Kier alpha value is -0.590. The van der Waals surface area contributed by atoms with Crippen LogP contribution in [0.3, 0.4) is 0 Å². The molecule has 4 heteroatoms. The van der Waals surface area contributed by atoms with Gasteiger partial charge in [-0.25, -0.2) is 0 Å². The number of hydrogen-bond acceptors (Lipinski definition) is 2. The zero-order valence-electron chi connectivity index (χ0n) is 12.2. The van der Waals surface area contributed by atoms with E-state index < -0.39 is 0 Å². The second kappa shape index (κ2) is 8.15. The Morgan fingerprint density at radius 3 is 2.71 bits per heavy atom. The molecule has 0 heterocycles. The molecule has 1 unspecified atom stereocenters. The molecule has 0 saturated heterocycles. The summed E-state index contributed by atoms with van der Waals surface area (Å²) in [5.41, 5.74) is 2.54. The molecule has 0 radical (unpaired) electrons. The average Bonchev–Trinajstić information content (AvgIpc) is 2.50. The van der Waals surface area contributed by atoms with E-state index in [-0.39, 0.29) is 6.04 Å². The first-order valence-corrected chi connectivity index (χ1v) is 8.83. The predicted molar refractivity (Wildman–Crippen MR) is 100.0 cm³/mol. The third-order valence-corrected chi connectivity index (χ3v) is 4.88. The van der Waals surface area contributed by atoms with Crippen LogP contribution in [-0.4, -0.2) is 13.7 Å². The molecule has 2 nitrogen and oxygen atoms in total. The molecule has 0 aliphatic carbocycles. The van der Waals surface area contributed by atoms with Gasteiger partial charge in [0.25, 0.3) is 0 Å². The zero-order chi connectivity index (χ0) is 15.2. The quantitative estimate of drug-likeness (QED) is 0.616. The first-order chi connectivity index (χ1) is 10.2. The van der Waals surface area contributed by atoms with Crippen LogP contribution in [0.1, 0.15) is 24.1 Å². The van der Waals surface area contributed by atoms with Gasteiger partial charge in [-0.2, -0.15) is 0 Å². The maximum atomic E-state index is 5.48. The maximum Gasteiger partial charge on any atom is 0.122 e. The van der Waals surface area contributed by atoms with Gasteiger partial charge < -0.3 is 10.1 Å². The molecule has 1 atom stereocenters. The summed E-state index contributed by atoms with van der Waals surface area (Å²) in [5.74, 6) is 0.949. The van der Waals surface area contributed by atoms with Gasteiger partial charge in [0.1, 0.15) is 5.75 Å². The van der Waals surface area contributed by atoms with Crippen LogP contribution in [0.5, 0.6) is 5.75 Å². The molecule has 2 aromatic rings. The van der Waals surface area contributed by atoms with E-state index in [9.17, 15) is 0 Å². The van der Waals surface area contributed by atoms with Crippen molar-refractivity contribution in [3.05, 3.63) is 61.6 Å². The molecule has 1 N–H and O–H groups in total. The highest BCUT2D eigenvalue weighted by atomic mass is 127. The Balaban J connectivity index is 2.33. The average molecular weight is 460 g/mol. The fourth-order valence-electron chi connectivity index (χ4n) is 2.41. The van der Waals surface area contributed by atoms with E-state index in [1.54, 1.807) is 7.11 Å². The first-order valence-electron chi connectivity index (χ1n) is 6.96. The Labute approximate surface area is 148 Å². The van der Waals surface area contributed by atoms with Crippen molar-refractivity contribution in [3.8, 4) is 5.75 Å². The second-order valence-electron chi connectivity index (χ2n) is 4.79. The van der Waals surface area contributed by atoms with Crippen LogP contribution in [0.4, 0.5) is 0 Å². The molecule has 0 aromatic heterocycles. The van der Waals surface area contributed by atoms with Gasteiger partial charge in [-0.3, -0.25) is 0 Å². The summed E-state index contributed by atoms with van der Waals surface area (Å²) in [5, 5.41) is 3.59. The predicted octanol–water partition coefficient (Wildman–Crippen LogP) is 4.96. The van der Waals surface area contributed by atoms with E-state index in [1.165, 1.54) is 14.7 Å². The molecule has 0 aliphatic rings. The molecule has 0 fully saturated rings.